The van der Waals surface area contributed by atoms with Crippen LogP contribution in [-0.2, 0) is 0 Å². The largest absolute Gasteiger partial charge is 0.314 e. The van der Waals surface area contributed by atoms with Crippen molar-refractivity contribution in [2.75, 3.05) is 26.2 Å². The molecule has 0 aliphatic carbocycles. The zero-order valence-corrected chi connectivity index (χ0v) is 10.6. The topological polar surface area (TPSA) is 15.3 Å². The number of nitrogens with zero attached hydrogens (tertiary/aromatic N) is 1. The minimum Gasteiger partial charge on any atom is -0.314 e. The van der Waals surface area contributed by atoms with Crippen LogP contribution in [0.25, 0.3) is 0 Å². The van der Waals surface area contributed by atoms with E-state index in [4.69, 9.17) is 0 Å². The summed E-state index contributed by atoms with van der Waals surface area (Å²) >= 11 is 0. The van der Waals surface area contributed by atoms with Crippen LogP contribution in [0.4, 0.5) is 0 Å². The SMILES string of the molecule is CCNC(C)CCN(CC)CC(C)C. The van der Waals surface area contributed by atoms with Crippen LogP contribution >= 0.6 is 0 Å². The van der Waals surface area contributed by atoms with Crippen molar-refractivity contribution in [3.05, 3.63) is 0 Å². The van der Waals surface area contributed by atoms with Gasteiger partial charge in [-0.15, -0.1) is 0 Å². The van der Waals surface area contributed by atoms with Gasteiger partial charge >= 0.3 is 0 Å². The van der Waals surface area contributed by atoms with E-state index >= 15 is 0 Å². The number of rotatable bonds is 8. The van der Waals surface area contributed by atoms with Gasteiger partial charge in [0.05, 0.1) is 0 Å². The zero-order valence-electron chi connectivity index (χ0n) is 10.6. The van der Waals surface area contributed by atoms with Crippen molar-refractivity contribution in [1.82, 2.24) is 10.2 Å². The zero-order chi connectivity index (χ0) is 11.0. The Hall–Kier alpha value is -0.0800. The Morgan fingerprint density at radius 2 is 1.79 bits per heavy atom. The second kappa shape index (κ2) is 8.25. The van der Waals surface area contributed by atoms with Crippen LogP contribution in [0.15, 0.2) is 0 Å². The van der Waals surface area contributed by atoms with E-state index in [2.05, 4.69) is 44.8 Å². The fourth-order valence-electron chi connectivity index (χ4n) is 1.72. The highest BCUT2D eigenvalue weighted by molar-refractivity contribution is 4.64. The van der Waals surface area contributed by atoms with Gasteiger partial charge < -0.3 is 10.2 Å². The maximum atomic E-state index is 3.45. The predicted molar refractivity (Wildman–Crippen MR) is 64.7 cm³/mol. The van der Waals surface area contributed by atoms with Crippen molar-refractivity contribution in [3.63, 3.8) is 0 Å². The maximum absolute atomic E-state index is 3.45. The lowest BCUT2D eigenvalue weighted by Crippen LogP contribution is -2.34. The van der Waals surface area contributed by atoms with E-state index in [0.29, 0.717) is 6.04 Å². The molecule has 1 unspecified atom stereocenters. The van der Waals surface area contributed by atoms with Crippen molar-refractivity contribution in [2.45, 2.75) is 47.1 Å². The summed E-state index contributed by atoms with van der Waals surface area (Å²) in [5.74, 6) is 0.782. The van der Waals surface area contributed by atoms with Gasteiger partial charge in [-0.25, -0.2) is 0 Å². The summed E-state index contributed by atoms with van der Waals surface area (Å²) in [7, 11) is 0. The molecule has 0 aromatic rings. The van der Waals surface area contributed by atoms with Gasteiger partial charge in [0.1, 0.15) is 0 Å². The molecule has 1 N–H and O–H groups in total. The summed E-state index contributed by atoms with van der Waals surface area (Å²) < 4.78 is 0. The minimum atomic E-state index is 0.654. The lowest BCUT2D eigenvalue weighted by atomic mass is 10.2. The van der Waals surface area contributed by atoms with Crippen LogP contribution in [0.3, 0.4) is 0 Å². The molecule has 86 valence electrons. The molecule has 0 aliphatic rings. The Balaban J connectivity index is 3.60. The van der Waals surface area contributed by atoms with Gasteiger partial charge in [0.15, 0.2) is 0 Å². The lowest BCUT2D eigenvalue weighted by Gasteiger charge is -2.24. The van der Waals surface area contributed by atoms with Crippen LogP contribution < -0.4 is 5.32 Å². The summed E-state index contributed by atoms with van der Waals surface area (Å²) in [6.45, 7) is 16.0. The van der Waals surface area contributed by atoms with E-state index in [-0.39, 0.29) is 0 Å². The van der Waals surface area contributed by atoms with Gasteiger partial charge in [-0.05, 0) is 38.9 Å². The third-order valence-corrected chi connectivity index (χ3v) is 2.50. The third kappa shape index (κ3) is 7.34. The molecule has 0 bridgehead atoms. The molecule has 0 rings (SSSR count). The molecule has 0 amide bonds. The summed E-state index contributed by atoms with van der Waals surface area (Å²) in [5, 5.41) is 3.45. The molecule has 2 heteroatoms. The van der Waals surface area contributed by atoms with Gasteiger partial charge in [-0.3, -0.25) is 0 Å². The van der Waals surface area contributed by atoms with Crippen LogP contribution in [0.1, 0.15) is 41.0 Å². The molecular weight excluding hydrogens is 172 g/mol. The van der Waals surface area contributed by atoms with Crippen LogP contribution in [0.5, 0.6) is 0 Å². The summed E-state index contributed by atoms with van der Waals surface area (Å²) in [6, 6.07) is 0.654. The summed E-state index contributed by atoms with van der Waals surface area (Å²) in [6.07, 6.45) is 1.26. The van der Waals surface area contributed by atoms with Crippen molar-refractivity contribution in [3.8, 4) is 0 Å². The summed E-state index contributed by atoms with van der Waals surface area (Å²) in [5.41, 5.74) is 0. The van der Waals surface area contributed by atoms with Gasteiger partial charge in [-0.1, -0.05) is 27.7 Å². The second-order valence-electron chi connectivity index (χ2n) is 4.53. The van der Waals surface area contributed by atoms with Gasteiger partial charge in [0.2, 0.25) is 0 Å². The molecule has 0 aliphatic heterocycles. The molecule has 0 spiro atoms. The molecule has 0 radical (unpaired) electrons. The van der Waals surface area contributed by atoms with Crippen molar-refractivity contribution in [1.29, 1.82) is 0 Å². The Morgan fingerprint density at radius 1 is 1.14 bits per heavy atom. The van der Waals surface area contributed by atoms with Crippen LogP contribution in [0.2, 0.25) is 0 Å². The quantitative estimate of drug-likeness (QED) is 0.647. The Kier molecular flexibility index (Phi) is 8.20. The Morgan fingerprint density at radius 3 is 2.21 bits per heavy atom. The highest BCUT2D eigenvalue weighted by atomic mass is 15.1. The molecule has 0 fully saturated rings. The molecule has 0 saturated heterocycles. The van der Waals surface area contributed by atoms with E-state index in [1.54, 1.807) is 0 Å². The van der Waals surface area contributed by atoms with Crippen molar-refractivity contribution < 1.29 is 0 Å². The van der Waals surface area contributed by atoms with E-state index < -0.39 is 0 Å². The predicted octanol–water partition coefficient (Wildman–Crippen LogP) is 2.35. The molecule has 0 aromatic heterocycles. The molecule has 1 atom stereocenters. The number of hydrogen-bond donors (Lipinski definition) is 1. The molecule has 2 nitrogen and oxygen atoms in total. The number of hydrogen-bond acceptors (Lipinski definition) is 2. The first-order valence-electron chi connectivity index (χ1n) is 6.05. The molecule has 14 heavy (non-hydrogen) atoms. The standard InChI is InChI=1S/C12H28N2/c1-6-13-12(5)8-9-14(7-2)10-11(3)4/h11-13H,6-10H2,1-5H3. The van der Waals surface area contributed by atoms with Crippen LogP contribution in [-0.4, -0.2) is 37.1 Å². The lowest BCUT2D eigenvalue weighted by molar-refractivity contribution is 0.244. The van der Waals surface area contributed by atoms with E-state index in [1.807, 2.05) is 0 Å². The fourth-order valence-corrected chi connectivity index (χ4v) is 1.72. The fraction of sp³-hybridized carbons (Fsp3) is 1.00. The van der Waals surface area contributed by atoms with E-state index in [1.165, 1.54) is 26.1 Å². The van der Waals surface area contributed by atoms with E-state index in [0.717, 1.165) is 12.5 Å². The highest BCUT2D eigenvalue weighted by Gasteiger charge is 2.06. The first-order chi connectivity index (χ1) is 6.60. The summed E-state index contributed by atoms with van der Waals surface area (Å²) in [4.78, 5) is 2.54. The highest BCUT2D eigenvalue weighted by Crippen LogP contribution is 2.01. The monoisotopic (exact) mass is 200 g/mol. The Bertz CT molecular complexity index is 123. The normalized spacial score (nSPS) is 13.9. The first kappa shape index (κ1) is 13.9. The Labute approximate surface area is 90.1 Å². The smallest absolute Gasteiger partial charge is 0.00507 e. The van der Waals surface area contributed by atoms with Crippen LogP contribution in [0, 0.1) is 5.92 Å². The van der Waals surface area contributed by atoms with Crippen molar-refractivity contribution in [2.24, 2.45) is 5.92 Å². The van der Waals surface area contributed by atoms with Gasteiger partial charge in [0.25, 0.3) is 0 Å². The van der Waals surface area contributed by atoms with Crippen molar-refractivity contribution >= 4 is 0 Å². The molecule has 0 heterocycles. The second-order valence-corrected chi connectivity index (χ2v) is 4.53. The van der Waals surface area contributed by atoms with Gasteiger partial charge in [0, 0.05) is 12.6 Å². The van der Waals surface area contributed by atoms with Gasteiger partial charge in [-0.2, -0.15) is 0 Å². The van der Waals surface area contributed by atoms with E-state index in [9.17, 15) is 0 Å². The maximum Gasteiger partial charge on any atom is 0.00507 e. The third-order valence-electron chi connectivity index (χ3n) is 2.50. The minimum absolute atomic E-state index is 0.654. The molecular formula is C12H28N2. The number of nitrogens with one attached hydrogen (secondary N) is 1. The molecule has 0 aromatic carbocycles. The molecule has 0 saturated carbocycles. The first-order valence-corrected chi connectivity index (χ1v) is 6.05. The average molecular weight is 200 g/mol. The average Bonchev–Trinajstić information content (AvgIpc) is 2.12.